The van der Waals surface area contributed by atoms with Gasteiger partial charge in [-0.2, -0.15) is 0 Å². The van der Waals surface area contributed by atoms with Gasteiger partial charge in [0.15, 0.2) is 0 Å². The molecule has 162 valence electrons. The van der Waals surface area contributed by atoms with Crippen LogP contribution in [0.25, 0.3) is 5.57 Å². The first kappa shape index (κ1) is 21.2. The molecule has 1 saturated heterocycles. The Kier molecular flexibility index (Phi) is 5.62. The van der Waals surface area contributed by atoms with E-state index in [2.05, 4.69) is 11.8 Å². The van der Waals surface area contributed by atoms with Gasteiger partial charge in [-0.1, -0.05) is 25.1 Å². The Balaban J connectivity index is 1.82. The molecule has 5 nitrogen and oxygen atoms in total. The van der Waals surface area contributed by atoms with Gasteiger partial charge in [0.2, 0.25) is 0 Å². The monoisotopic (exact) mass is 425 g/mol. The zero-order valence-corrected chi connectivity index (χ0v) is 17.9. The smallest absolute Gasteiger partial charge is 0.282 e. The molecule has 0 N–H and O–H groups in total. The molecule has 4 rings (SSSR count). The second-order valence-electron chi connectivity index (χ2n) is 7.99. The van der Waals surface area contributed by atoms with Crippen LogP contribution in [0.15, 0.2) is 42.1 Å². The molecule has 0 bridgehead atoms. The van der Waals surface area contributed by atoms with E-state index < -0.39 is 23.4 Å². The molecular formula is C24H25F2N3O2. The SMILES string of the molecule is CCN1CCN(C2=C(c3ccc(C)c(C)c3)C(=O)N(c3ccc(F)cc3F)C2=O)CC1. The fourth-order valence-corrected chi connectivity index (χ4v) is 4.14. The highest BCUT2D eigenvalue weighted by Crippen LogP contribution is 2.36. The number of amides is 2. The Labute approximate surface area is 180 Å². The van der Waals surface area contributed by atoms with Crippen LogP contribution in [0.4, 0.5) is 14.5 Å². The number of hydrogen-bond donors (Lipinski definition) is 0. The third-order valence-corrected chi connectivity index (χ3v) is 6.14. The van der Waals surface area contributed by atoms with Gasteiger partial charge in [0.25, 0.3) is 11.8 Å². The maximum absolute atomic E-state index is 14.5. The minimum Gasteiger partial charge on any atom is -0.364 e. The van der Waals surface area contributed by atoms with E-state index in [1.54, 1.807) is 0 Å². The molecule has 0 aromatic heterocycles. The molecule has 0 saturated carbocycles. The number of hydrogen-bond acceptors (Lipinski definition) is 4. The van der Waals surface area contributed by atoms with Crippen molar-refractivity contribution in [1.82, 2.24) is 9.80 Å². The van der Waals surface area contributed by atoms with Gasteiger partial charge in [0, 0.05) is 32.2 Å². The third kappa shape index (κ3) is 3.74. The van der Waals surface area contributed by atoms with Crippen LogP contribution in [-0.2, 0) is 9.59 Å². The highest BCUT2D eigenvalue weighted by molar-refractivity contribution is 6.45. The van der Waals surface area contributed by atoms with Crippen molar-refractivity contribution in [3.05, 3.63) is 70.4 Å². The van der Waals surface area contributed by atoms with Crippen LogP contribution in [-0.4, -0.2) is 54.3 Å². The van der Waals surface area contributed by atoms with Crippen LogP contribution >= 0.6 is 0 Å². The highest BCUT2D eigenvalue weighted by atomic mass is 19.1. The number of piperazine rings is 1. The van der Waals surface area contributed by atoms with Crippen LogP contribution in [0, 0.1) is 25.5 Å². The predicted molar refractivity (Wildman–Crippen MR) is 115 cm³/mol. The summed E-state index contributed by atoms with van der Waals surface area (Å²) < 4.78 is 28.0. The van der Waals surface area contributed by atoms with Crippen molar-refractivity contribution in [2.45, 2.75) is 20.8 Å². The van der Waals surface area contributed by atoms with Gasteiger partial charge in [-0.05, 0) is 49.2 Å². The molecule has 2 amide bonds. The molecule has 0 atom stereocenters. The molecule has 0 aliphatic carbocycles. The van der Waals surface area contributed by atoms with E-state index in [4.69, 9.17) is 0 Å². The third-order valence-electron chi connectivity index (χ3n) is 6.14. The number of anilines is 1. The Bertz CT molecular complexity index is 1090. The fourth-order valence-electron chi connectivity index (χ4n) is 4.14. The minimum absolute atomic E-state index is 0.236. The normalized spacial score (nSPS) is 17.8. The highest BCUT2D eigenvalue weighted by Gasteiger charge is 2.44. The van der Waals surface area contributed by atoms with Crippen molar-refractivity contribution in [3.8, 4) is 0 Å². The minimum atomic E-state index is -0.946. The summed E-state index contributed by atoms with van der Waals surface area (Å²) in [5.41, 5.74) is 3.00. The number of aryl methyl sites for hydroxylation is 2. The summed E-state index contributed by atoms with van der Waals surface area (Å²) in [6.45, 7) is 9.64. The quantitative estimate of drug-likeness (QED) is 0.704. The fraction of sp³-hybridized carbons (Fsp3) is 0.333. The van der Waals surface area contributed by atoms with Crippen molar-refractivity contribution in [2.75, 3.05) is 37.6 Å². The molecule has 2 aliphatic rings. The molecule has 1 fully saturated rings. The molecule has 0 unspecified atom stereocenters. The zero-order valence-electron chi connectivity index (χ0n) is 17.9. The number of rotatable bonds is 4. The number of benzene rings is 2. The number of likely N-dealkylation sites (N-methyl/N-ethyl adjacent to an activating group) is 1. The van der Waals surface area contributed by atoms with Crippen molar-refractivity contribution < 1.29 is 18.4 Å². The second-order valence-corrected chi connectivity index (χ2v) is 7.99. The van der Waals surface area contributed by atoms with E-state index >= 15 is 0 Å². The van der Waals surface area contributed by atoms with E-state index in [9.17, 15) is 18.4 Å². The van der Waals surface area contributed by atoms with Gasteiger partial charge >= 0.3 is 0 Å². The molecule has 2 heterocycles. The predicted octanol–water partition coefficient (Wildman–Crippen LogP) is 3.50. The van der Waals surface area contributed by atoms with Crippen molar-refractivity contribution in [3.63, 3.8) is 0 Å². The summed E-state index contributed by atoms with van der Waals surface area (Å²) in [6, 6.07) is 8.47. The first-order chi connectivity index (χ1) is 14.8. The van der Waals surface area contributed by atoms with Crippen LogP contribution in [0.1, 0.15) is 23.6 Å². The Morgan fingerprint density at radius 2 is 1.58 bits per heavy atom. The van der Waals surface area contributed by atoms with Gasteiger partial charge in [-0.15, -0.1) is 0 Å². The lowest BCUT2D eigenvalue weighted by atomic mass is 9.99. The molecule has 31 heavy (non-hydrogen) atoms. The lowest BCUT2D eigenvalue weighted by Crippen LogP contribution is -2.47. The molecule has 2 aliphatic heterocycles. The van der Waals surface area contributed by atoms with Crippen LogP contribution in [0.5, 0.6) is 0 Å². The average Bonchev–Trinajstić information content (AvgIpc) is 3.00. The summed E-state index contributed by atoms with van der Waals surface area (Å²) in [4.78, 5) is 32.0. The molecule has 2 aromatic rings. The maximum Gasteiger partial charge on any atom is 0.282 e. The van der Waals surface area contributed by atoms with Gasteiger partial charge in [0.05, 0.1) is 11.3 Å². The van der Waals surface area contributed by atoms with Gasteiger partial charge in [0.1, 0.15) is 17.3 Å². The number of halogens is 2. The summed E-state index contributed by atoms with van der Waals surface area (Å²) >= 11 is 0. The van der Waals surface area contributed by atoms with E-state index in [0.29, 0.717) is 24.7 Å². The van der Waals surface area contributed by atoms with E-state index in [-0.39, 0.29) is 17.0 Å². The van der Waals surface area contributed by atoms with Gasteiger partial charge < -0.3 is 9.80 Å². The number of carbonyl (C=O) groups excluding carboxylic acids is 2. The summed E-state index contributed by atoms with van der Waals surface area (Å²) in [6.07, 6.45) is 0. The van der Waals surface area contributed by atoms with E-state index in [1.165, 1.54) is 0 Å². The van der Waals surface area contributed by atoms with E-state index in [1.807, 2.05) is 36.9 Å². The number of nitrogens with zero attached hydrogens (tertiary/aromatic N) is 3. The van der Waals surface area contributed by atoms with Gasteiger partial charge in [-0.3, -0.25) is 9.59 Å². The second kappa shape index (κ2) is 8.23. The van der Waals surface area contributed by atoms with Crippen molar-refractivity contribution in [2.24, 2.45) is 0 Å². The molecule has 0 spiro atoms. The molecule has 7 heteroatoms. The number of imide groups is 1. The standard InChI is InChI=1S/C24H25F2N3O2/c1-4-27-9-11-28(12-10-27)22-21(17-6-5-15(2)16(3)13-17)23(30)29(24(22)31)20-8-7-18(25)14-19(20)26/h5-8,13-14H,4,9-12H2,1-3H3. The maximum atomic E-state index is 14.5. The van der Waals surface area contributed by atoms with E-state index in [0.717, 1.165) is 47.8 Å². The summed E-state index contributed by atoms with van der Waals surface area (Å²) in [5, 5.41) is 0. The zero-order chi connectivity index (χ0) is 22.3. The first-order valence-corrected chi connectivity index (χ1v) is 10.4. The van der Waals surface area contributed by atoms with Crippen LogP contribution < -0.4 is 4.90 Å². The first-order valence-electron chi connectivity index (χ1n) is 10.4. The van der Waals surface area contributed by atoms with Crippen molar-refractivity contribution >= 4 is 23.1 Å². The lowest BCUT2D eigenvalue weighted by Gasteiger charge is -2.36. The average molecular weight is 425 g/mol. The Morgan fingerprint density at radius 3 is 2.19 bits per heavy atom. The molecular weight excluding hydrogens is 400 g/mol. The summed E-state index contributed by atoms with van der Waals surface area (Å²) in [5.74, 6) is -2.88. The number of carbonyl (C=O) groups is 2. The van der Waals surface area contributed by atoms with Gasteiger partial charge in [-0.25, -0.2) is 13.7 Å². The Hall–Kier alpha value is -3.06. The molecule has 2 aromatic carbocycles. The van der Waals surface area contributed by atoms with Crippen LogP contribution in [0.2, 0.25) is 0 Å². The summed E-state index contributed by atoms with van der Waals surface area (Å²) in [7, 11) is 0. The lowest BCUT2D eigenvalue weighted by molar-refractivity contribution is -0.120. The van der Waals surface area contributed by atoms with Crippen molar-refractivity contribution in [1.29, 1.82) is 0 Å². The Morgan fingerprint density at radius 1 is 0.871 bits per heavy atom. The largest absolute Gasteiger partial charge is 0.364 e. The molecule has 0 radical (unpaired) electrons. The topological polar surface area (TPSA) is 43.9 Å². The van der Waals surface area contributed by atoms with Crippen LogP contribution in [0.3, 0.4) is 0 Å².